The van der Waals surface area contributed by atoms with Gasteiger partial charge < -0.3 is 22.6 Å². The highest BCUT2D eigenvalue weighted by atomic mass is 127. The largest absolute Gasteiger partial charge is 0.789 e. The van der Waals surface area contributed by atoms with Crippen molar-refractivity contribution in [3.8, 4) is 0 Å². The minimum Gasteiger partial charge on any atom is -0.789 e. The van der Waals surface area contributed by atoms with Crippen LogP contribution >= 0.6 is 0 Å². The average molecular weight is 308 g/mol. The molecule has 1 radical (unpaired) electrons. The average Bonchev–Trinajstić information content (AvgIpc) is 2.10. The van der Waals surface area contributed by atoms with Crippen LogP contribution in [0.4, 0.5) is 0 Å². The molecule has 0 nitrogen and oxygen atoms in total. The first-order valence-electron chi connectivity index (χ1n) is 5.76. The summed E-state index contributed by atoms with van der Waals surface area (Å²) in [6.45, 7) is 17.0. The molecule has 0 spiro atoms. The molecular formula is C13H25I-. The van der Waals surface area contributed by atoms with Gasteiger partial charge in [-0.1, -0.05) is 53.9 Å². The highest BCUT2D eigenvalue weighted by Crippen LogP contribution is 2.59. The zero-order valence-corrected chi connectivity index (χ0v) is 12.9. The quantitative estimate of drug-likeness (QED) is 0.501. The van der Waals surface area contributed by atoms with Crippen LogP contribution in [0.1, 0.15) is 54.9 Å². The van der Waals surface area contributed by atoms with Crippen molar-refractivity contribution in [1.82, 2.24) is 0 Å². The molecule has 85 valence electrons. The highest BCUT2D eigenvalue weighted by molar-refractivity contribution is 5.11. The Balaban J connectivity index is 3.20. The second-order valence-corrected chi connectivity index (χ2v) is 8.59. The molecule has 1 aliphatic carbocycles. The molecule has 0 aliphatic heterocycles. The lowest BCUT2D eigenvalue weighted by molar-refractivity contribution is -0.522. The van der Waals surface area contributed by atoms with Crippen LogP contribution in [0.15, 0.2) is 0 Å². The van der Waals surface area contributed by atoms with Gasteiger partial charge in [-0.25, -0.2) is 0 Å². The van der Waals surface area contributed by atoms with E-state index in [1.807, 2.05) is 0 Å². The van der Waals surface area contributed by atoms with Crippen LogP contribution in [0.2, 0.25) is 0 Å². The summed E-state index contributed by atoms with van der Waals surface area (Å²) in [4.78, 5) is 0. The summed E-state index contributed by atoms with van der Waals surface area (Å²) in [5.41, 5.74) is 0.934. The third kappa shape index (κ3) is 1.37. The molecule has 1 fully saturated rings. The van der Waals surface area contributed by atoms with Gasteiger partial charge in [0.15, 0.2) is 0 Å². The van der Waals surface area contributed by atoms with Crippen LogP contribution in [-0.4, -0.2) is 3.42 Å². The Morgan fingerprint density at radius 2 is 1.57 bits per heavy atom. The van der Waals surface area contributed by atoms with Gasteiger partial charge in [0.2, 0.25) is 0 Å². The molecular weight excluding hydrogens is 283 g/mol. The molecule has 1 aliphatic rings. The molecule has 0 aromatic carbocycles. The van der Waals surface area contributed by atoms with Crippen molar-refractivity contribution in [2.24, 2.45) is 22.7 Å². The Morgan fingerprint density at radius 1 is 1.14 bits per heavy atom. The maximum Gasteiger partial charge on any atom is -0.0395 e. The Hall–Kier alpha value is 0.730. The smallest absolute Gasteiger partial charge is 0.0395 e. The molecule has 14 heavy (non-hydrogen) atoms. The normalized spacial score (nSPS) is 47.4. The Labute approximate surface area is 103 Å². The molecule has 0 bridgehead atoms. The molecule has 0 amide bonds. The molecule has 0 saturated heterocycles. The molecule has 1 heteroatoms. The summed E-state index contributed by atoms with van der Waals surface area (Å²) >= 11 is 2.72. The van der Waals surface area contributed by atoms with Crippen LogP contribution in [0.3, 0.4) is 0 Å². The maximum absolute atomic E-state index is 2.72. The summed E-state index contributed by atoms with van der Waals surface area (Å²) in [5.74, 6) is 1.60. The summed E-state index contributed by atoms with van der Waals surface area (Å²) in [6.07, 6.45) is 1.36. The Kier molecular flexibility index (Phi) is 3.07. The van der Waals surface area contributed by atoms with E-state index in [0.29, 0.717) is 14.3 Å². The fourth-order valence-corrected chi connectivity index (χ4v) is 4.85. The first-order chi connectivity index (χ1) is 6.07. The van der Waals surface area contributed by atoms with Gasteiger partial charge in [-0.05, 0) is 23.7 Å². The molecule has 0 heterocycles. The topological polar surface area (TPSA) is 0 Å². The van der Waals surface area contributed by atoms with Gasteiger partial charge >= 0.3 is 0 Å². The van der Waals surface area contributed by atoms with Crippen molar-refractivity contribution >= 4 is 0 Å². The van der Waals surface area contributed by atoms with E-state index in [1.54, 1.807) is 0 Å². The predicted molar refractivity (Wildman–Crippen MR) is 58.9 cm³/mol. The van der Waals surface area contributed by atoms with Crippen LogP contribution in [-0.2, 0) is 0 Å². The fourth-order valence-electron chi connectivity index (χ4n) is 3.47. The lowest BCUT2D eigenvalue weighted by Gasteiger charge is -2.59. The first-order valence-corrected chi connectivity index (χ1v) is 6.84. The van der Waals surface area contributed by atoms with Gasteiger partial charge in [-0.15, -0.1) is 3.42 Å². The Bertz CT molecular complexity index is 227. The van der Waals surface area contributed by atoms with Crippen molar-refractivity contribution < 1.29 is 22.6 Å². The monoisotopic (exact) mass is 308 g/mol. The summed E-state index contributed by atoms with van der Waals surface area (Å²) in [7, 11) is 0. The fraction of sp³-hybridized carbons (Fsp3) is 1.00. The molecule has 0 aromatic heterocycles. The van der Waals surface area contributed by atoms with Gasteiger partial charge in [-0.3, -0.25) is 0 Å². The van der Waals surface area contributed by atoms with Crippen LogP contribution in [0, 0.1) is 22.7 Å². The second-order valence-electron chi connectivity index (χ2n) is 6.43. The van der Waals surface area contributed by atoms with Crippen molar-refractivity contribution in [3.63, 3.8) is 0 Å². The minimum absolute atomic E-state index is 0.408. The van der Waals surface area contributed by atoms with Gasteiger partial charge in [0.1, 0.15) is 0 Å². The molecule has 1 unspecified atom stereocenters. The Morgan fingerprint density at radius 3 is 1.71 bits per heavy atom. The molecule has 3 atom stereocenters. The van der Waals surface area contributed by atoms with E-state index >= 15 is 0 Å². The van der Waals surface area contributed by atoms with Crippen LogP contribution in [0.5, 0.6) is 0 Å². The van der Waals surface area contributed by atoms with E-state index in [0.717, 1.165) is 11.8 Å². The third-order valence-electron chi connectivity index (χ3n) is 5.32. The first kappa shape index (κ1) is 12.8. The summed E-state index contributed by atoms with van der Waals surface area (Å²) in [5, 5.41) is 0. The molecule has 1 rings (SSSR count). The number of alkyl halides is 1. The van der Waals surface area contributed by atoms with E-state index in [-0.39, 0.29) is 0 Å². The van der Waals surface area contributed by atoms with E-state index in [1.165, 1.54) is 6.42 Å². The maximum atomic E-state index is 2.72. The zero-order valence-electron chi connectivity index (χ0n) is 10.7. The zero-order chi connectivity index (χ0) is 11.4. The van der Waals surface area contributed by atoms with Crippen molar-refractivity contribution in [3.05, 3.63) is 0 Å². The van der Waals surface area contributed by atoms with E-state index < -0.39 is 0 Å². The van der Waals surface area contributed by atoms with Gasteiger partial charge in [0, 0.05) is 0 Å². The molecule has 1 saturated carbocycles. The van der Waals surface area contributed by atoms with E-state index in [4.69, 9.17) is 0 Å². The van der Waals surface area contributed by atoms with Crippen molar-refractivity contribution in [2.45, 2.75) is 58.3 Å². The van der Waals surface area contributed by atoms with Crippen molar-refractivity contribution in [1.29, 1.82) is 0 Å². The van der Waals surface area contributed by atoms with Gasteiger partial charge in [0.25, 0.3) is 0 Å². The van der Waals surface area contributed by atoms with E-state index in [9.17, 15) is 0 Å². The third-order valence-corrected chi connectivity index (χ3v) is 7.94. The van der Waals surface area contributed by atoms with E-state index in [2.05, 4.69) is 71.1 Å². The number of halogens is 1. The summed E-state index contributed by atoms with van der Waals surface area (Å²) < 4.78 is 0.408. The number of hydrogen-bond donors (Lipinski definition) is 0. The lowest BCUT2D eigenvalue weighted by Crippen LogP contribution is -3.45. The molecule has 0 N–H and O–H groups in total. The SMILES string of the molecule is CC(C)[C@@]1(C)C(C)CC(C)(C)[C@]1(C)[I-]. The minimum atomic E-state index is 0.408. The van der Waals surface area contributed by atoms with Crippen LogP contribution < -0.4 is 22.6 Å². The predicted octanol–water partition coefficient (Wildman–Crippen LogP) is 1.03. The lowest BCUT2D eigenvalue weighted by atomic mass is 9.64. The van der Waals surface area contributed by atoms with Crippen LogP contribution in [0.25, 0.3) is 0 Å². The van der Waals surface area contributed by atoms with Gasteiger partial charge in [0.05, 0.1) is 0 Å². The number of rotatable bonds is 1. The highest BCUT2D eigenvalue weighted by Gasteiger charge is 2.55. The second kappa shape index (κ2) is 3.36. The number of hydrogen-bond acceptors (Lipinski definition) is 0. The standard InChI is InChI=1S/C13H25I/c1-9(2)12(6)10(3)8-11(4,5)13(12,7)14/h9-10H,8H2,1-7H3/q-1/t10?,12-,13-/m0/s1. The summed E-state index contributed by atoms with van der Waals surface area (Å²) in [6, 6.07) is 0. The van der Waals surface area contributed by atoms with Gasteiger partial charge in [-0.2, -0.15) is 0 Å². The van der Waals surface area contributed by atoms with Crippen molar-refractivity contribution in [2.75, 3.05) is 0 Å². The molecule has 0 aromatic rings.